The van der Waals surface area contributed by atoms with Gasteiger partial charge in [-0.1, -0.05) is 18.2 Å². The second-order valence-corrected chi connectivity index (χ2v) is 3.39. The molecule has 1 N–H and O–H groups in total. The number of hydrogen-bond donors (Lipinski definition) is 1. The molecule has 1 atom stereocenters. The van der Waals surface area contributed by atoms with E-state index in [-0.39, 0.29) is 6.10 Å². The van der Waals surface area contributed by atoms with E-state index in [2.05, 4.69) is 16.0 Å². The third-order valence-electron chi connectivity index (χ3n) is 2.47. The molecule has 0 radical (unpaired) electrons. The lowest BCUT2D eigenvalue weighted by Crippen LogP contribution is -2.04. The lowest BCUT2D eigenvalue weighted by molar-refractivity contribution is 0.229. The van der Waals surface area contributed by atoms with E-state index in [9.17, 15) is 0 Å². The molecule has 2 aromatic rings. The van der Waals surface area contributed by atoms with Crippen LogP contribution in [0.2, 0.25) is 0 Å². The average molecular weight is 186 g/mol. The highest BCUT2D eigenvalue weighted by molar-refractivity contribution is 5.37. The number of nitrogens with one attached hydrogen (secondary N) is 1. The summed E-state index contributed by atoms with van der Waals surface area (Å²) in [5.74, 6) is 1.88. The third-order valence-corrected chi connectivity index (χ3v) is 2.47. The number of fused-ring (bicyclic) bond motifs is 1. The summed E-state index contributed by atoms with van der Waals surface area (Å²) in [6, 6.07) is 8.12. The fourth-order valence-corrected chi connectivity index (χ4v) is 1.79. The first-order chi connectivity index (χ1) is 6.93. The normalized spacial score (nSPS) is 19.0. The summed E-state index contributed by atoms with van der Waals surface area (Å²) in [5, 5.41) is 0. The molecule has 3 heteroatoms. The second kappa shape index (κ2) is 2.87. The van der Waals surface area contributed by atoms with Crippen molar-refractivity contribution >= 4 is 0 Å². The Morgan fingerprint density at radius 3 is 3.07 bits per heavy atom. The van der Waals surface area contributed by atoms with Gasteiger partial charge in [0.25, 0.3) is 0 Å². The predicted molar refractivity (Wildman–Crippen MR) is 52.1 cm³/mol. The van der Waals surface area contributed by atoms with Crippen LogP contribution in [0.3, 0.4) is 0 Å². The minimum atomic E-state index is 0.0578. The Hall–Kier alpha value is -1.77. The summed E-state index contributed by atoms with van der Waals surface area (Å²) in [7, 11) is 0. The first kappa shape index (κ1) is 7.62. The summed E-state index contributed by atoms with van der Waals surface area (Å²) in [5.41, 5.74) is 1.26. The predicted octanol–water partition coefficient (Wildman–Crippen LogP) is 2.09. The monoisotopic (exact) mass is 186 g/mol. The van der Waals surface area contributed by atoms with Gasteiger partial charge in [-0.2, -0.15) is 0 Å². The molecule has 0 saturated carbocycles. The Morgan fingerprint density at radius 2 is 2.29 bits per heavy atom. The van der Waals surface area contributed by atoms with Gasteiger partial charge in [-0.3, -0.25) is 0 Å². The molecule has 70 valence electrons. The molecule has 1 unspecified atom stereocenters. The summed E-state index contributed by atoms with van der Waals surface area (Å²) in [6.07, 6.45) is 4.54. The van der Waals surface area contributed by atoms with Crippen LogP contribution in [-0.2, 0) is 6.42 Å². The fraction of sp³-hybridized carbons (Fsp3) is 0.182. The van der Waals surface area contributed by atoms with Crippen molar-refractivity contribution in [2.24, 2.45) is 0 Å². The number of nitrogens with zero attached hydrogens (tertiary/aromatic N) is 1. The molecule has 0 amide bonds. The molecule has 0 bridgehead atoms. The van der Waals surface area contributed by atoms with Crippen LogP contribution in [-0.4, -0.2) is 9.97 Å². The number of rotatable bonds is 1. The number of aromatic amines is 1. The van der Waals surface area contributed by atoms with Gasteiger partial charge < -0.3 is 9.72 Å². The molecule has 14 heavy (non-hydrogen) atoms. The Morgan fingerprint density at radius 1 is 1.36 bits per heavy atom. The second-order valence-electron chi connectivity index (χ2n) is 3.39. The van der Waals surface area contributed by atoms with E-state index >= 15 is 0 Å². The summed E-state index contributed by atoms with van der Waals surface area (Å²) >= 11 is 0. The van der Waals surface area contributed by atoms with Crippen LogP contribution < -0.4 is 4.74 Å². The van der Waals surface area contributed by atoms with Gasteiger partial charge in [0, 0.05) is 18.8 Å². The molecule has 2 heterocycles. The maximum atomic E-state index is 5.76. The number of aromatic nitrogens is 2. The molecule has 1 aromatic carbocycles. The Kier molecular flexibility index (Phi) is 1.56. The molecule has 0 fully saturated rings. The number of benzene rings is 1. The van der Waals surface area contributed by atoms with Crippen LogP contribution in [0.4, 0.5) is 0 Å². The van der Waals surface area contributed by atoms with Crippen LogP contribution in [0, 0.1) is 0 Å². The quantitative estimate of drug-likeness (QED) is 0.740. The van der Waals surface area contributed by atoms with Crippen molar-refractivity contribution in [3.8, 4) is 5.75 Å². The molecule has 0 aliphatic carbocycles. The topological polar surface area (TPSA) is 37.9 Å². The number of hydrogen-bond acceptors (Lipinski definition) is 2. The zero-order chi connectivity index (χ0) is 9.38. The first-order valence-corrected chi connectivity index (χ1v) is 4.67. The standard InChI is InChI=1S/C11H10N2O/c1-2-4-9-8(3-1)7-10(14-9)11-12-5-6-13-11/h1-6,10H,7H2,(H,12,13). The molecule has 1 aromatic heterocycles. The Bertz CT molecular complexity index is 411. The largest absolute Gasteiger partial charge is 0.482 e. The van der Waals surface area contributed by atoms with E-state index in [0.717, 1.165) is 18.0 Å². The molecule has 3 nitrogen and oxygen atoms in total. The Balaban J connectivity index is 1.92. The van der Waals surface area contributed by atoms with E-state index in [1.807, 2.05) is 24.4 Å². The first-order valence-electron chi connectivity index (χ1n) is 4.67. The molecule has 0 saturated heterocycles. The summed E-state index contributed by atoms with van der Waals surface area (Å²) in [6.45, 7) is 0. The van der Waals surface area contributed by atoms with E-state index in [0.29, 0.717) is 0 Å². The van der Waals surface area contributed by atoms with Crippen molar-refractivity contribution in [2.75, 3.05) is 0 Å². The van der Waals surface area contributed by atoms with Gasteiger partial charge in [0.2, 0.25) is 0 Å². The average Bonchev–Trinajstić information content (AvgIpc) is 2.86. The van der Waals surface area contributed by atoms with Crippen molar-refractivity contribution in [2.45, 2.75) is 12.5 Å². The van der Waals surface area contributed by atoms with Gasteiger partial charge in [0.05, 0.1) is 0 Å². The summed E-state index contributed by atoms with van der Waals surface area (Å²) < 4.78 is 5.76. The van der Waals surface area contributed by atoms with Crippen molar-refractivity contribution in [1.29, 1.82) is 0 Å². The SMILES string of the molecule is c1ccc2c(c1)CC(c1ncc[nH]1)O2. The number of H-pyrrole nitrogens is 1. The number of imidazole rings is 1. The molecule has 3 rings (SSSR count). The van der Waals surface area contributed by atoms with Gasteiger partial charge in [0.15, 0.2) is 6.10 Å². The van der Waals surface area contributed by atoms with Crippen LogP contribution >= 0.6 is 0 Å². The lowest BCUT2D eigenvalue weighted by atomic mass is 10.1. The number of ether oxygens (including phenoxy) is 1. The molecule has 1 aliphatic heterocycles. The van der Waals surface area contributed by atoms with E-state index in [4.69, 9.17) is 4.74 Å². The maximum Gasteiger partial charge on any atom is 0.160 e. The van der Waals surface area contributed by atoms with Gasteiger partial charge in [-0.15, -0.1) is 0 Å². The molecule has 0 spiro atoms. The van der Waals surface area contributed by atoms with Crippen molar-refractivity contribution in [3.63, 3.8) is 0 Å². The minimum Gasteiger partial charge on any atom is -0.482 e. The van der Waals surface area contributed by atoms with Crippen molar-refractivity contribution < 1.29 is 4.74 Å². The van der Waals surface area contributed by atoms with E-state index < -0.39 is 0 Å². The van der Waals surface area contributed by atoms with E-state index in [1.54, 1.807) is 6.20 Å². The fourth-order valence-electron chi connectivity index (χ4n) is 1.79. The van der Waals surface area contributed by atoms with Crippen LogP contribution in [0.1, 0.15) is 17.5 Å². The Labute approximate surface area is 81.8 Å². The van der Waals surface area contributed by atoms with Gasteiger partial charge >= 0.3 is 0 Å². The van der Waals surface area contributed by atoms with E-state index in [1.165, 1.54) is 5.56 Å². The smallest absolute Gasteiger partial charge is 0.160 e. The highest BCUT2D eigenvalue weighted by Crippen LogP contribution is 2.34. The minimum absolute atomic E-state index is 0.0578. The van der Waals surface area contributed by atoms with Crippen LogP contribution in [0.5, 0.6) is 5.75 Å². The van der Waals surface area contributed by atoms with Crippen molar-refractivity contribution in [3.05, 3.63) is 48.0 Å². The maximum absolute atomic E-state index is 5.76. The van der Waals surface area contributed by atoms with Crippen LogP contribution in [0.25, 0.3) is 0 Å². The number of para-hydroxylation sites is 1. The zero-order valence-corrected chi connectivity index (χ0v) is 7.60. The zero-order valence-electron chi connectivity index (χ0n) is 7.60. The lowest BCUT2D eigenvalue weighted by Gasteiger charge is -2.06. The summed E-state index contributed by atoms with van der Waals surface area (Å²) in [4.78, 5) is 7.28. The third kappa shape index (κ3) is 1.09. The highest BCUT2D eigenvalue weighted by atomic mass is 16.5. The van der Waals surface area contributed by atoms with Gasteiger partial charge in [-0.25, -0.2) is 4.98 Å². The van der Waals surface area contributed by atoms with Gasteiger partial charge in [-0.05, 0) is 11.6 Å². The molecular formula is C11H10N2O. The molecular weight excluding hydrogens is 176 g/mol. The van der Waals surface area contributed by atoms with Crippen molar-refractivity contribution in [1.82, 2.24) is 9.97 Å². The highest BCUT2D eigenvalue weighted by Gasteiger charge is 2.25. The molecule has 1 aliphatic rings. The van der Waals surface area contributed by atoms with Gasteiger partial charge in [0.1, 0.15) is 11.6 Å². The van der Waals surface area contributed by atoms with Crippen LogP contribution in [0.15, 0.2) is 36.7 Å².